The van der Waals surface area contributed by atoms with Gasteiger partial charge in [0.1, 0.15) is 24.8 Å². The van der Waals surface area contributed by atoms with E-state index in [1.165, 1.54) is 57.8 Å². The molecule has 0 fully saturated rings. The number of carbonyl (C=O) groups is 7. The second-order valence-electron chi connectivity index (χ2n) is 16.5. The highest BCUT2D eigenvalue weighted by molar-refractivity contribution is 5.84. The van der Waals surface area contributed by atoms with Crippen molar-refractivity contribution in [1.82, 2.24) is 10.6 Å². The molecule has 0 rings (SSSR count). The maximum Gasteiger partial charge on any atom is 0.306 e. The first-order chi connectivity index (χ1) is 29.9. The first-order valence-electron chi connectivity index (χ1n) is 23.7. The summed E-state index contributed by atoms with van der Waals surface area (Å²) in [4.78, 5) is 82.0. The van der Waals surface area contributed by atoms with Gasteiger partial charge in [0.15, 0.2) is 5.78 Å². The average molecular weight is 885 g/mol. The van der Waals surface area contributed by atoms with E-state index in [0.29, 0.717) is 39.0 Å². The van der Waals surface area contributed by atoms with Crippen LogP contribution in [0.4, 0.5) is 0 Å². The second kappa shape index (κ2) is 43.0. The van der Waals surface area contributed by atoms with Gasteiger partial charge in [0.2, 0.25) is 11.8 Å². The summed E-state index contributed by atoms with van der Waals surface area (Å²) in [7, 11) is 0. The van der Waals surface area contributed by atoms with Crippen LogP contribution in [-0.2, 0) is 52.5 Å². The fourth-order valence-electron chi connectivity index (χ4n) is 6.71. The van der Waals surface area contributed by atoms with E-state index >= 15 is 0 Å². The Morgan fingerprint density at radius 1 is 0.452 bits per heavy atom. The van der Waals surface area contributed by atoms with Gasteiger partial charge in [-0.1, -0.05) is 103 Å². The molecule has 0 aromatic carbocycles. The van der Waals surface area contributed by atoms with Crippen molar-refractivity contribution in [2.24, 2.45) is 11.8 Å². The van der Waals surface area contributed by atoms with Gasteiger partial charge in [-0.3, -0.25) is 33.6 Å². The van der Waals surface area contributed by atoms with Crippen LogP contribution < -0.4 is 10.6 Å². The highest BCUT2D eigenvalue weighted by atomic mass is 16.5. The molecular formula is C47H84N2O13. The molecule has 0 aromatic heterocycles. The van der Waals surface area contributed by atoms with Gasteiger partial charge in [-0.05, 0) is 45.4 Å². The normalized spacial score (nSPS) is 12.2. The number of carboxylic acids is 2. The number of amides is 2. The van der Waals surface area contributed by atoms with E-state index in [4.69, 9.17) is 24.1 Å². The van der Waals surface area contributed by atoms with Crippen molar-refractivity contribution in [1.29, 1.82) is 0 Å². The Labute approximate surface area is 372 Å². The third kappa shape index (κ3) is 42.1. The van der Waals surface area contributed by atoms with E-state index in [0.717, 1.165) is 64.2 Å². The van der Waals surface area contributed by atoms with E-state index in [-0.39, 0.29) is 107 Å². The van der Waals surface area contributed by atoms with Crippen molar-refractivity contribution < 1.29 is 62.7 Å². The zero-order valence-electron chi connectivity index (χ0n) is 38.5. The number of ketones is 3. The molecule has 4 N–H and O–H groups in total. The van der Waals surface area contributed by atoms with E-state index in [1.807, 2.05) is 6.92 Å². The minimum Gasteiger partial charge on any atom is -0.481 e. The number of nitrogens with one attached hydrogen (secondary N) is 2. The smallest absolute Gasteiger partial charge is 0.306 e. The van der Waals surface area contributed by atoms with Crippen LogP contribution in [0.3, 0.4) is 0 Å². The Morgan fingerprint density at radius 3 is 1.48 bits per heavy atom. The highest BCUT2D eigenvalue weighted by Crippen LogP contribution is 2.17. The van der Waals surface area contributed by atoms with Crippen molar-refractivity contribution >= 4 is 41.1 Å². The van der Waals surface area contributed by atoms with Gasteiger partial charge in [-0.2, -0.15) is 0 Å². The van der Waals surface area contributed by atoms with Crippen molar-refractivity contribution in [2.75, 3.05) is 65.9 Å². The summed E-state index contributed by atoms with van der Waals surface area (Å²) in [6.45, 7) is 5.89. The molecule has 0 heterocycles. The van der Waals surface area contributed by atoms with Gasteiger partial charge in [0.25, 0.3) is 0 Å². The van der Waals surface area contributed by atoms with Crippen LogP contribution in [0.15, 0.2) is 0 Å². The van der Waals surface area contributed by atoms with E-state index < -0.39 is 17.9 Å². The molecule has 62 heavy (non-hydrogen) atoms. The summed E-state index contributed by atoms with van der Waals surface area (Å²) in [6, 6.07) is 0. The molecule has 0 radical (unpaired) electrons. The summed E-state index contributed by atoms with van der Waals surface area (Å²) in [6.07, 6.45) is 22.2. The molecule has 0 aliphatic rings. The lowest BCUT2D eigenvalue weighted by atomic mass is 9.94. The highest BCUT2D eigenvalue weighted by Gasteiger charge is 2.22. The minimum atomic E-state index is -1.06. The lowest BCUT2D eigenvalue weighted by Gasteiger charge is -2.12. The van der Waals surface area contributed by atoms with Gasteiger partial charge in [0.05, 0.1) is 39.0 Å². The van der Waals surface area contributed by atoms with Gasteiger partial charge < -0.3 is 39.8 Å². The zero-order chi connectivity index (χ0) is 45.9. The predicted octanol–water partition coefficient (Wildman–Crippen LogP) is 7.58. The standard InChI is InChI=1S/C47H84N2O13/c1-39(40(2)50)22-19-20-28-48-45(54)38-62-35-32-59-30-21-24-43(52)37-61-34-33-60-31-29-49-44(53)27-26-41(47(57)58)36-42(51)23-17-15-13-11-9-7-5-3-4-6-8-10-12-14-16-18-25-46(55)56/h39,41H,3-38H2,1-2H3,(H,48,54)(H,49,53)(H,55,56)(H,57,58)/t39-,41?/m0/s1. The monoisotopic (exact) mass is 885 g/mol. The van der Waals surface area contributed by atoms with Crippen molar-refractivity contribution in [3.05, 3.63) is 0 Å². The van der Waals surface area contributed by atoms with Crippen molar-refractivity contribution in [2.45, 2.75) is 181 Å². The molecule has 0 spiro atoms. The third-order valence-corrected chi connectivity index (χ3v) is 10.8. The van der Waals surface area contributed by atoms with Gasteiger partial charge in [0, 0.05) is 57.7 Å². The molecule has 0 saturated heterocycles. The van der Waals surface area contributed by atoms with Crippen LogP contribution in [0.1, 0.15) is 181 Å². The topological polar surface area (TPSA) is 221 Å². The maximum atomic E-state index is 12.5. The van der Waals surface area contributed by atoms with Crippen molar-refractivity contribution in [3.63, 3.8) is 0 Å². The lowest BCUT2D eigenvalue weighted by Crippen LogP contribution is -2.29. The van der Waals surface area contributed by atoms with Gasteiger partial charge >= 0.3 is 11.9 Å². The molecule has 0 saturated carbocycles. The van der Waals surface area contributed by atoms with Crippen LogP contribution in [0.5, 0.6) is 0 Å². The van der Waals surface area contributed by atoms with Crippen LogP contribution in [0.25, 0.3) is 0 Å². The molecule has 360 valence electrons. The van der Waals surface area contributed by atoms with E-state index in [9.17, 15) is 38.7 Å². The van der Waals surface area contributed by atoms with Crippen LogP contribution in [0, 0.1) is 11.8 Å². The van der Waals surface area contributed by atoms with Crippen LogP contribution in [-0.4, -0.2) is 117 Å². The predicted molar refractivity (Wildman–Crippen MR) is 238 cm³/mol. The summed E-state index contributed by atoms with van der Waals surface area (Å²) in [5.74, 6) is -3.03. The summed E-state index contributed by atoms with van der Waals surface area (Å²) >= 11 is 0. The van der Waals surface area contributed by atoms with Crippen molar-refractivity contribution in [3.8, 4) is 0 Å². The first kappa shape index (κ1) is 58.7. The van der Waals surface area contributed by atoms with Crippen LogP contribution >= 0.6 is 0 Å². The number of hydrogen-bond acceptors (Lipinski definition) is 11. The molecule has 2 atom stereocenters. The lowest BCUT2D eigenvalue weighted by molar-refractivity contribution is -0.144. The zero-order valence-corrected chi connectivity index (χ0v) is 38.5. The van der Waals surface area contributed by atoms with E-state index in [1.54, 1.807) is 6.92 Å². The largest absolute Gasteiger partial charge is 0.481 e. The molecular weight excluding hydrogens is 801 g/mol. The molecule has 0 bridgehead atoms. The number of carbonyl (C=O) groups excluding carboxylic acids is 5. The van der Waals surface area contributed by atoms with E-state index in [2.05, 4.69) is 10.6 Å². The van der Waals surface area contributed by atoms with Gasteiger partial charge in [-0.25, -0.2) is 0 Å². The molecule has 2 amide bonds. The number of aliphatic carboxylic acids is 2. The quantitative estimate of drug-likeness (QED) is 0.0434. The first-order valence-corrected chi connectivity index (χ1v) is 23.7. The minimum absolute atomic E-state index is 0.0101. The molecule has 0 aromatic rings. The Hall–Kier alpha value is -3.27. The number of unbranched alkanes of at least 4 members (excludes halogenated alkanes) is 16. The summed E-state index contributed by atoms with van der Waals surface area (Å²) < 4.78 is 21.5. The average Bonchev–Trinajstić information content (AvgIpc) is 3.23. The summed E-state index contributed by atoms with van der Waals surface area (Å²) in [5.41, 5.74) is 0. The SMILES string of the molecule is CC(=O)[C@@H](C)CCCCNC(=O)COCCOCCCC(=O)COCCOCCNC(=O)CCC(CC(=O)CCCCCCCCCCCCCCCCCCC(=O)O)C(=O)O. The maximum absolute atomic E-state index is 12.5. The Kier molecular flexibility index (Phi) is 40.7. The number of Topliss-reactive ketones (excluding diaryl/α,β-unsaturated/α-hetero) is 3. The molecule has 15 nitrogen and oxygen atoms in total. The van der Waals surface area contributed by atoms with Gasteiger partial charge in [-0.15, -0.1) is 0 Å². The van der Waals surface area contributed by atoms with Crippen LogP contribution in [0.2, 0.25) is 0 Å². The molecule has 0 aliphatic heterocycles. The summed E-state index contributed by atoms with van der Waals surface area (Å²) in [5, 5.41) is 23.7. The molecule has 0 aliphatic carbocycles. The fraction of sp³-hybridized carbons (Fsp3) is 0.851. The number of ether oxygens (including phenoxy) is 4. The number of rotatable bonds is 48. The Bertz CT molecular complexity index is 1200. The molecule has 15 heteroatoms. The number of carboxylic acid groups (broad SMARTS) is 2. The number of hydrogen-bond donors (Lipinski definition) is 4. The second-order valence-corrected chi connectivity index (χ2v) is 16.5. The fourth-order valence-corrected chi connectivity index (χ4v) is 6.71. The Morgan fingerprint density at radius 2 is 0.935 bits per heavy atom. The third-order valence-electron chi connectivity index (χ3n) is 10.8. The Balaban J connectivity index is 3.63. The molecule has 1 unspecified atom stereocenters.